The van der Waals surface area contributed by atoms with Gasteiger partial charge in [-0.25, -0.2) is 4.39 Å². The van der Waals surface area contributed by atoms with E-state index in [0.29, 0.717) is 0 Å². The highest BCUT2D eigenvalue weighted by Gasteiger charge is 2.37. The van der Waals surface area contributed by atoms with Crippen molar-refractivity contribution in [1.29, 1.82) is 0 Å². The molecule has 0 spiro atoms. The fourth-order valence-electron chi connectivity index (χ4n) is 2.70. The van der Waals surface area contributed by atoms with Crippen LogP contribution in [-0.2, 0) is 0 Å². The van der Waals surface area contributed by atoms with E-state index in [-0.39, 0.29) is 5.82 Å². The molecule has 1 aliphatic rings. The van der Waals surface area contributed by atoms with Crippen LogP contribution in [0.2, 0.25) is 18.1 Å². The van der Waals surface area contributed by atoms with Crippen molar-refractivity contribution in [3.8, 4) is 11.1 Å². The molecule has 3 heteroatoms. The van der Waals surface area contributed by atoms with Crippen molar-refractivity contribution in [2.45, 2.75) is 13.1 Å². The van der Waals surface area contributed by atoms with Gasteiger partial charge >= 0.3 is 0 Å². The van der Waals surface area contributed by atoms with Gasteiger partial charge in [-0.3, -0.25) is 0 Å². The average molecular weight is 263 g/mol. The van der Waals surface area contributed by atoms with Gasteiger partial charge in [0, 0.05) is 5.02 Å². The SMILES string of the molecule is C[Si]1(C)c2ccc(Cl)cc2-c2ccc(F)cc21. The minimum Gasteiger partial charge on any atom is -0.207 e. The molecule has 2 aromatic rings. The maximum absolute atomic E-state index is 13.4. The van der Waals surface area contributed by atoms with E-state index in [1.165, 1.54) is 22.0 Å². The molecule has 0 saturated carbocycles. The van der Waals surface area contributed by atoms with Crippen molar-refractivity contribution in [2.24, 2.45) is 0 Å². The molecule has 0 fully saturated rings. The first kappa shape index (κ1) is 11.0. The van der Waals surface area contributed by atoms with Crippen LogP contribution in [-0.4, -0.2) is 8.07 Å². The van der Waals surface area contributed by atoms with E-state index in [1.807, 2.05) is 18.2 Å². The Balaban J connectivity index is 2.38. The third-order valence-corrected chi connectivity index (χ3v) is 7.38. The van der Waals surface area contributed by atoms with E-state index in [0.717, 1.165) is 10.6 Å². The van der Waals surface area contributed by atoms with Gasteiger partial charge in [-0.15, -0.1) is 0 Å². The summed E-state index contributed by atoms with van der Waals surface area (Å²) in [4.78, 5) is 0. The normalized spacial score (nSPS) is 15.5. The van der Waals surface area contributed by atoms with Gasteiger partial charge in [-0.05, 0) is 45.8 Å². The van der Waals surface area contributed by atoms with Crippen LogP contribution >= 0.6 is 11.6 Å². The molecule has 0 aromatic heterocycles. The predicted octanol–water partition coefficient (Wildman–Crippen LogP) is 3.28. The topological polar surface area (TPSA) is 0 Å². The van der Waals surface area contributed by atoms with Crippen molar-refractivity contribution in [1.82, 2.24) is 0 Å². The monoisotopic (exact) mass is 262 g/mol. The van der Waals surface area contributed by atoms with Gasteiger partial charge in [0.1, 0.15) is 13.9 Å². The van der Waals surface area contributed by atoms with Crippen LogP contribution < -0.4 is 10.4 Å². The minimum absolute atomic E-state index is 0.150. The number of fused-ring (bicyclic) bond motifs is 3. The third-order valence-electron chi connectivity index (χ3n) is 3.60. The van der Waals surface area contributed by atoms with Crippen molar-refractivity contribution in [2.75, 3.05) is 0 Å². The Kier molecular flexibility index (Phi) is 2.22. The van der Waals surface area contributed by atoms with E-state index >= 15 is 0 Å². The van der Waals surface area contributed by atoms with Crippen LogP contribution in [0.25, 0.3) is 11.1 Å². The fourth-order valence-corrected chi connectivity index (χ4v) is 5.93. The maximum atomic E-state index is 13.4. The summed E-state index contributed by atoms with van der Waals surface area (Å²) in [6.07, 6.45) is 0. The quantitative estimate of drug-likeness (QED) is 0.639. The van der Waals surface area contributed by atoms with E-state index < -0.39 is 8.07 Å². The lowest BCUT2D eigenvalue weighted by molar-refractivity contribution is 0.629. The Labute approximate surface area is 106 Å². The first-order valence-electron chi connectivity index (χ1n) is 5.60. The summed E-state index contributed by atoms with van der Waals surface area (Å²) in [6.45, 7) is 4.51. The molecule has 0 aliphatic carbocycles. The van der Waals surface area contributed by atoms with Crippen LogP contribution in [0.15, 0.2) is 36.4 Å². The van der Waals surface area contributed by atoms with E-state index in [2.05, 4.69) is 19.2 Å². The Hall–Kier alpha value is -1.12. The highest BCUT2D eigenvalue weighted by molar-refractivity contribution is 7.03. The van der Waals surface area contributed by atoms with Crippen molar-refractivity contribution in [3.05, 3.63) is 47.2 Å². The summed E-state index contributed by atoms with van der Waals surface area (Å²) < 4.78 is 13.4. The summed E-state index contributed by atoms with van der Waals surface area (Å²) in [7, 11) is -1.73. The minimum atomic E-state index is -1.73. The van der Waals surface area contributed by atoms with Crippen molar-refractivity contribution >= 4 is 30.0 Å². The molecule has 0 unspecified atom stereocenters. The first-order chi connectivity index (χ1) is 8.00. The number of hydrogen-bond donors (Lipinski definition) is 0. The molecule has 2 aromatic carbocycles. The van der Waals surface area contributed by atoms with Gasteiger partial charge in [0.2, 0.25) is 0 Å². The van der Waals surface area contributed by atoms with Gasteiger partial charge in [0.15, 0.2) is 0 Å². The number of halogens is 2. The first-order valence-corrected chi connectivity index (χ1v) is 8.98. The van der Waals surface area contributed by atoms with Crippen molar-refractivity contribution < 1.29 is 4.39 Å². The molecule has 17 heavy (non-hydrogen) atoms. The Morgan fingerprint density at radius 3 is 2.47 bits per heavy atom. The number of benzene rings is 2. The third kappa shape index (κ3) is 1.48. The molecule has 0 N–H and O–H groups in total. The lowest BCUT2D eigenvalue weighted by Gasteiger charge is -2.18. The molecule has 0 atom stereocenters. The molecule has 0 radical (unpaired) electrons. The molecular weight excluding hydrogens is 251 g/mol. The number of rotatable bonds is 0. The summed E-state index contributed by atoms with van der Waals surface area (Å²) in [5, 5.41) is 3.27. The van der Waals surface area contributed by atoms with Crippen LogP contribution in [0.4, 0.5) is 4.39 Å². The fraction of sp³-hybridized carbons (Fsp3) is 0.143. The zero-order valence-corrected chi connectivity index (χ0v) is 11.5. The molecule has 0 amide bonds. The zero-order chi connectivity index (χ0) is 12.2. The largest absolute Gasteiger partial charge is 0.207 e. The van der Waals surface area contributed by atoms with Gasteiger partial charge in [0.05, 0.1) is 0 Å². The van der Waals surface area contributed by atoms with Crippen molar-refractivity contribution in [3.63, 3.8) is 0 Å². The van der Waals surface area contributed by atoms with E-state index in [4.69, 9.17) is 11.6 Å². The Morgan fingerprint density at radius 2 is 1.71 bits per heavy atom. The molecule has 0 bridgehead atoms. The summed E-state index contributed by atoms with van der Waals surface area (Å²) >= 11 is 6.06. The van der Waals surface area contributed by atoms with Crippen LogP contribution in [0, 0.1) is 5.82 Å². The lowest BCUT2D eigenvalue weighted by atomic mass is 10.1. The average Bonchev–Trinajstić information content (AvgIpc) is 2.48. The molecular formula is C14H12ClFSi. The van der Waals surface area contributed by atoms with E-state index in [9.17, 15) is 4.39 Å². The predicted molar refractivity (Wildman–Crippen MR) is 73.6 cm³/mol. The molecule has 3 rings (SSSR count). The molecule has 86 valence electrons. The van der Waals surface area contributed by atoms with Crippen LogP contribution in [0.3, 0.4) is 0 Å². The second kappa shape index (κ2) is 3.44. The smallest absolute Gasteiger partial charge is 0.123 e. The van der Waals surface area contributed by atoms with Crippen LogP contribution in [0.5, 0.6) is 0 Å². The summed E-state index contributed by atoms with van der Waals surface area (Å²) in [5.74, 6) is -0.150. The molecule has 1 heterocycles. The Bertz CT molecular complexity index is 620. The lowest BCUT2D eigenvalue weighted by Crippen LogP contribution is -2.49. The van der Waals surface area contributed by atoms with Crippen LogP contribution in [0.1, 0.15) is 0 Å². The van der Waals surface area contributed by atoms with Gasteiger partial charge in [0.25, 0.3) is 0 Å². The second-order valence-corrected chi connectivity index (χ2v) is 9.77. The summed E-state index contributed by atoms with van der Waals surface area (Å²) in [5.41, 5.74) is 2.34. The van der Waals surface area contributed by atoms with Gasteiger partial charge < -0.3 is 0 Å². The second-order valence-electron chi connectivity index (χ2n) is 5.00. The Morgan fingerprint density at radius 1 is 0.941 bits per heavy atom. The van der Waals surface area contributed by atoms with E-state index in [1.54, 1.807) is 6.07 Å². The molecule has 0 saturated heterocycles. The highest BCUT2D eigenvalue weighted by Crippen LogP contribution is 2.30. The molecule has 0 nitrogen and oxygen atoms in total. The maximum Gasteiger partial charge on any atom is 0.123 e. The number of hydrogen-bond acceptors (Lipinski definition) is 0. The highest BCUT2D eigenvalue weighted by atomic mass is 35.5. The molecule has 1 aliphatic heterocycles. The van der Waals surface area contributed by atoms with Gasteiger partial charge in [-0.2, -0.15) is 0 Å². The van der Waals surface area contributed by atoms with Gasteiger partial charge in [-0.1, -0.05) is 36.8 Å². The zero-order valence-electron chi connectivity index (χ0n) is 9.72. The summed E-state index contributed by atoms with van der Waals surface area (Å²) in [6, 6.07) is 11.1. The standard InChI is InChI=1S/C14H12ClFSi/c1-17(2)13-6-3-9(15)7-12(13)11-5-4-10(16)8-14(11)17/h3-8H,1-2H3.